The number of carbonyl (C=O) groups is 2. The molecular weight excluding hydrogens is 533 g/mol. The molecule has 0 saturated carbocycles. The van der Waals surface area contributed by atoms with Crippen LogP contribution in [0.15, 0.2) is 42.5 Å². The molecule has 2 rings (SSSR count). The van der Waals surface area contributed by atoms with Crippen LogP contribution in [0, 0.1) is 0 Å². The number of rotatable bonds is 14. The summed E-state index contributed by atoms with van der Waals surface area (Å²) in [5.74, 6) is -0.491. The quantitative estimate of drug-likeness (QED) is 0.307. The molecule has 0 aliphatic heterocycles. The first-order valence-electron chi connectivity index (χ1n) is 12.6. The molecule has 0 spiro atoms. The van der Waals surface area contributed by atoms with Gasteiger partial charge in [0.1, 0.15) is 6.04 Å². The molecule has 10 heteroatoms. The van der Waals surface area contributed by atoms with E-state index in [4.69, 9.17) is 23.2 Å². The number of benzene rings is 2. The Kier molecular flexibility index (Phi) is 12.2. The highest BCUT2D eigenvalue weighted by molar-refractivity contribution is 7.92. The number of nitrogens with zero attached hydrogens (tertiary/aromatic N) is 2. The van der Waals surface area contributed by atoms with Crippen LogP contribution >= 0.6 is 23.2 Å². The van der Waals surface area contributed by atoms with Crippen LogP contribution in [0.5, 0.6) is 0 Å². The minimum Gasteiger partial charge on any atom is -0.354 e. The lowest BCUT2D eigenvalue weighted by molar-refractivity contribution is -0.140. The second-order valence-corrected chi connectivity index (χ2v) is 11.8. The number of hydrogen-bond acceptors (Lipinski definition) is 4. The minimum atomic E-state index is -3.54. The number of sulfonamides is 1. The third kappa shape index (κ3) is 9.51. The van der Waals surface area contributed by atoms with Crippen LogP contribution in [0.3, 0.4) is 0 Å². The van der Waals surface area contributed by atoms with E-state index in [0.29, 0.717) is 28.7 Å². The Bertz CT molecular complexity index is 1160. The van der Waals surface area contributed by atoms with E-state index >= 15 is 0 Å². The Hall–Kier alpha value is -2.29. The molecule has 0 radical (unpaired) electrons. The number of aryl methyl sites for hydroxylation is 1. The fourth-order valence-corrected chi connectivity index (χ4v) is 5.14. The van der Waals surface area contributed by atoms with Gasteiger partial charge in [-0.25, -0.2) is 8.42 Å². The molecule has 0 fully saturated rings. The number of unbranched alkanes of at least 4 members (excludes halogenated alkanes) is 1. The van der Waals surface area contributed by atoms with E-state index in [1.165, 1.54) is 9.21 Å². The van der Waals surface area contributed by atoms with Crippen molar-refractivity contribution in [3.63, 3.8) is 0 Å². The Morgan fingerprint density at radius 3 is 2.19 bits per heavy atom. The Morgan fingerprint density at radius 1 is 0.973 bits per heavy atom. The second-order valence-electron chi connectivity index (χ2n) is 9.05. The summed E-state index contributed by atoms with van der Waals surface area (Å²) in [6.45, 7) is 6.61. The van der Waals surface area contributed by atoms with Gasteiger partial charge in [0.2, 0.25) is 21.8 Å². The first-order chi connectivity index (χ1) is 17.5. The smallest absolute Gasteiger partial charge is 0.242 e. The molecule has 7 nitrogen and oxygen atoms in total. The van der Waals surface area contributed by atoms with Gasteiger partial charge < -0.3 is 10.2 Å². The molecule has 0 bridgehead atoms. The van der Waals surface area contributed by atoms with Crippen LogP contribution in [0.25, 0.3) is 0 Å². The molecule has 204 valence electrons. The van der Waals surface area contributed by atoms with Crippen LogP contribution < -0.4 is 9.62 Å². The van der Waals surface area contributed by atoms with Crippen molar-refractivity contribution in [3.8, 4) is 0 Å². The molecule has 2 amide bonds. The molecular formula is C27H37Cl2N3O4S. The Labute approximate surface area is 231 Å². The average Bonchev–Trinajstić information content (AvgIpc) is 2.86. The van der Waals surface area contributed by atoms with Gasteiger partial charge in [-0.15, -0.1) is 0 Å². The third-order valence-corrected chi connectivity index (χ3v) is 8.05. The zero-order valence-corrected chi connectivity index (χ0v) is 24.3. The van der Waals surface area contributed by atoms with Crippen molar-refractivity contribution in [2.24, 2.45) is 0 Å². The van der Waals surface area contributed by atoms with Gasteiger partial charge in [-0.3, -0.25) is 13.9 Å². The summed E-state index contributed by atoms with van der Waals surface area (Å²) in [6, 6.07) is 11.7. The molecule has 0 aliphatic rings. The maximum atomic E-state index is 13.3. The maximum Gasteiger partial charge on any atom is 0.242 e. The van der Waals surface area contributed by atoms with E-state index in [0.717, 1.165) is 36.6 Å². The van der Waals surface area contributed by atoms with E-state index in [-0.39, 0.29) is 31.3 Å². The topological polar surface area (TPSA) is 86.8 Å². The van der Waals surface area contributed by atoms with Gasteiger partial charge in [0.25, 0.3) is 0 Å². The molecule has 1 atom stereocenters. The van der Waals surface area contributed by atoms with Gasteiger partial charge in [-0.2, -0.15) is 0 Å². The lowest BCUT2D eigenvalue weighted by atomic mass is 10.1. The number of amides is 2. The number of anilines is 1. The van der Waals surface area contributed by atoms with Gasteiger partial charge in [-0.1, -0.05) is 61.7 Å². The molecule has 2 aromatic rings. The number of carbonyl (C=O) groups excluding carboxylic acids is 2. The summed E-state index contributed by atoms with van der Waals surface area (Å²) in [4.78, 5) is 27.6. The standard InChI is InChI=1S/C27H37Cl2N3O4S/c1-5-7-16-30-27(34)20(3)31(19-22-12-15-24(28)25(29)18-22)26(33)9-8-17-32(37(4,35)36)23-13-10-21(6-2)11-14-23/h10-15,18,20H,5-9,16-17,19H2,1-4H3,(H,30,34)/t20-/m1/s1. The fourth-order valence-electron chi connectivity index (χ4n) is 3.86. The zero-order chi connectivity index (χ0) is 27.6. The van der Waals surface area contributed by atoms with Crippen LogP contribution in [-0.2, 0) is 32.6 Å². The lowest BCUT2D eigenvalue weighted by Crippen LogP contribution is -2.48. The molecule has 0 unspecified atom stereocenters. The molecule has 37 heavy (non-hydrogen) atoms. The summed E-state index contributed by atoms with van der Waals surface area (Å²) in [5, 5.41) is 3.65. The maximum absolute atomic E-state index is 13.3. The molecule has 2 aromatic carbocycles. The van der Waals surface area contributed by atoms with E-state index in [2.05, 4.69) is 5.32 Å². The predicted molar refractivity (Wildman–Crippen MR) is 152 cm³/mol. The van der Waals surface area contributed by atoms with Crippen molar-refractivity contribution in [3.05, 3.63) is 63.6 Å². The van der Waals surface area contributed by atoms with Crippen molar-refractivity contribution in [2.45, 2.75) is 65.5 Å². The number of halogens is 2. The molecule has 0 heterocycles. The van der Waals surface area contributed by atoms with Crippen molar-refractivity contribution in [2.75, 3.05) is 23.7 Å². The third-order valence-electron chi connectivity index (χ3n) is 6.12. The Morgan fingerprint density at radius 2 is 1.62 bits per heavy atom. The van der Waals surface area contributed by atoms with E-state index < -0.39 is 16.1 Å². The van der Waals surface area contributed by atoms with Crippen LogP contribution in [-0.4, -0.2) is 50.5 Å². The average molecular weight is 571 g/mol. The summed E-state index contributed by atoms with van der Waals surface area (Å²) in [6.07, 6.45) is 4.17. The first-order valence-corrected chi connectivity index (χ1v) is 15.2. The summed E-state index contributed by atoms with van der Waals surface area (Å²) >= 11 is 12.2. The fraction of sp³-hybridized carbons (Fsp3) is 0.481. The van der Waals surface area contributed by atoms with Crippen molar-refractivity contribution in [1.29, 1.82) is 0 Å². The lowest BCUT2D eigenvalue weighted by Gasteiger charge is -2.29. The van der Waals surface area contributed by atoms with Gasteiger partial charge in [0.05, 0.1) is 22.0 Å². The minimum absolute atomic E-state index is 0.0764. The van der Waals surface area contributed by atoms with Gasteiger partial charge in [-0.05, 0) is 61.6 Å². The van der Waals surface area contributed by atoms with E-state index in [1.807, 2.05) is 26.0 Å². The van der Waals surface area contributed by atoms with Crippen LogP contribution in [0.2, 0.25) is 10.0 Å². The second kappa shape index (κ2) is 14.6. The summed E-state index contributed by atoms with van der Waals surface area (Å²) in [5.41, 5.74) is 2.41. The van der Waals surface area contributed by atoms with Crippen LogP contribution in [0.1, 0.15) is 57.6 Å². The Balaban J connectivity index is 2.16. The largest absolute Gasteiger partial charge is 0.354 e. The van der Waals surface area contributed by atoms with Crippen LogP contribution in [0.4, 0.5) is 5.69 Å². The molecule has 0 saturated heterocycles. The molecule has 1 N–H and O–H groups in total. The SMILES string of the molecule is CCCCNC(=O)[C@@H](C)N(Cc1ccc(Cl)c(Cl)c1)C(=O)CCCN(c1ccc(CC)cc1)S(C)(=O)=O. The predicted octanol–water partition coefficient (Wildman–Crippen LogP) is 5.44. The van der Waals surface area contributed by atoms with Crippen molar-refractivity contribution >= 4 is 50.7 Å². The van der Waals surface area contributed by atoms with Gasteiger partial charge in [0.15, 0.2) is 0 Å². The van der Waals surface area contributed by atoms with E-state index in [9.17, 15) is 18.0 Å². The highest BCUT2D eigenvalue weighted by atomic mass is 35.5. The molecule has 0 aliphatic carbocycles. The number of hydrogen-bond donors (Lipinski definition) is 1. The normalized spacial score (nSPS) is 12.2. The van der Waals surface area contributed by atoms with Crippen molar-refractivity contribution in [1.82, 2.24) is 10.2 Å². The monoisotopic (exact) mass is 569 g/mol. The van der Waals surface area contributed by atoms with E-state index in [1.54, 1.807) is 37.3 Å². The van der Waals surface area contributed by atoms with Gasteiger partial charge >= 0.3 is 0 Å². The van der Waals surface area contributed by atoms with Gasteiger partial charge in [0, 0.05) is 26.1 Å². The highest BCUT2D eigenvalue weighted by Crippen LogP contribution is 2.24. The highest BCUT2D eigenvalue weighted by Gasteiger charge is 2.26. The summed E-state index contributed by atoms with van der Waals surface area (Å²) in [7, 11) is -3.54. The zero-order valence-electron chi connectivity index (χ0n) is 22.0. The molecule has 0 aromatic heterocycles. The van der Waals surface area contributed by atoms with Crippen molar-refractivity contribution < 1.29 is 18.0 Å². The number of nitrogens with one attached hydrogen (secondary N) is 1. The summed E-state index contributed by atoms with van der Waals surface area (Å²) < 4.78 is 26.3. The first kappa shape index (κ1) is 30.9.